The van der Waals surface area contributed by atoms with Gasteiger partial charge in [-0.2, -0.15) is 0 Å². The summed E-state index contributed by atoms with van der Waals surface area (Å²) in [6, 6.07) is 30.0. The van der Waals surface area contributed by atoms with E-state index < -0.39 is 22.4 Å². The molecule has 0 aliphatic rings. The minimum Gasteiger partial charge on any atom is -0.478 e. The van der Waals surface area contributed by atoms with Gasteiger partial charge in [0.15, 0.2) is 10.8 Å². The number of rotatable bonds is 10. The maximum Gasteiger partial charge on any atom is 0.350 e. The highest BCUT2D eigenvalue weighted by atomic mass is 35.5. The molecule has 0 aliphatic carbocycles. The van der Waals surface area contributed by atoms with Crippen LogP contribution in [0.4, 0.5) is 5.13 Å². The van der Waals surface area contributed by atoms with Crippen molar-refractivity contribution in [1.29, 1.82) is 0 Å². The third-order valence-corrected chi connectivity index (χ3v) is 6.66. The summed E-state index contributed by atoms with van der Waals surface area (Å²) >= 11 is 7.02. The van der Waals surface area contributed by atoms with Crippen molar-refractivity contribution in [3.05, 3.63) is 119 Å². The van der Waals surface area contributed by atoms with Gasteiger partial charge in [0, 0.05) is 5.38 Å². The molecule has 4 rings (SSSR count). The van der Waals surface area contributed by atoms with Gasteiger partial charge in [-0.1, -0.05) is 96.2 Å². The van der Waals surface area contributed by atoms with Crippen molar-refractivity contribution in [3.63, 3.8) is 0 Å². The van der Waals surface area contributed by atoms with Crippen LogP contribution in [0, 0.1) is 0 Å². The monoisotopic (exact) mass is 533 g/mol. The summed E-state index contributed by atoms with van der Waals surface area (Å²) in [7, 11) is 0. The van der Waals surface area contributed by atoms with Crippen molar-refractivity contribution in [2.24, 2.45) is 5.16 Å². The first-order valence-corrected chi connectivity index (χ1v) is 12.6. The van der Waals surface area contributed by atoms with Gasteiger partial charge in [0.25, 0.3) is 5.24 Å². The summed E-state index contributed by atoms with van der Waals surface area (Å²) in [5.74, 6) is -1.24. The molecule has 0 saturated carbocycles. The molecule has 1 aromatic heterocycles. The molecular formula is C28H24ClN3O4S. The van der Waals surface area contributed by atoms with Crippen molar-refractivity contribution in [2.45, 2.75) is 25.0 Å². The zero-order valence-corrected chi connectivity index (χ0v) is 21.7. The van der Waals surface area contributed by atoms with Gasteiger partial charge < -0.3 is 15.3 Å². The molecule has 0 bridgehead atoms. The van der Waals surface area contributed by atoms with Crippen LogP contribution < -0.4 is 5.32 Å². The van der Waals surface area contributed by atoms with Crippen LogP contribution in [-0.4, -0.2) is 32.6 Å². The summed E-state index contributed by atoms with van der Waals surface area (Å²) in [5.41, 5.74) is 0.358. The third-order valence-electron chi connectivity index (χ3n) is 5.73. The number of carboxylic acids is 1. The van der Waals surface area contributed by atoms with Gasteiger partial charge in [0.2, 0.25) is 5.60 Å². The van der Waals surface area contributed by atoms with Crippen LogP contribution in [0.5, 0.6) is 0 Å². The van der Waals surface area contributed by atoms with Crippen LogP contribution in [0.25, 0.3) is 0 Å². The number of oxime groups is 1. The Balaban J connectivity index is 1.82. The fraction of sp³-hybridized carbons (Fsp3) is 0.143. The number of anilines is 1. The lowest BCUT2D eigenvalue weighted by molar-refractivity contribution is -0.161. The van der Waals surface area contributed by atoms with Gasteiger partial charge in [-0.15, -0.1) is 11.3 Å². The van der Waals surface area contributed by atoms with E-state index in [1.165, 1.54) is 25.2 Å². The first-order chi connectivity index (χ1) is 17.7. The minimum atomic E-state index is -1.65. The van der Waals surface area contributed by atoms with E-state index in [4.69, 9.17) is 16.4 Å². The van der Waals surface area contributed by atoms with Gasteiger partial charge in [-0.25, -0.2) is 9.78 Å². The van der Waals surface area contributed by atoms with E-state index >= 15 is 0 Å². The van der Waals surface area contributed by atoms with E-state index in [2.05, 4.69) is 15.5 Å². The van der Waals surface area contributed by atoms with Gasteiger partial charge in [-0.3, -0.25) is 4.79 Å². The van der Waals surface area contributed by atoms with Crippen LogP contribution in [0.15, 0.2) is 102 Å². The number of nitrogens with zero attached hydrogens (tertiary/aromatic N) is 2. The van der Waals surface area contributed by atoms with Crippen molar-refractivity contribution >= 4 is 45.0 Å². The number of thiazole rings is 1. The molecule has 0 amide bonds. The molecule has 7 nitrogen and oxygen atoms in total. The van der Waals surface area contributed by atoms with Crippen LogP contribution in [0.2, 0.25) is 0 Å². The van der Waals surface area contributed by atoms with E-state index in [-0.39, 0.29) is 11.4 Å². The predicted octanol–water partition coefficient (Wildman–Crippen LogP) is 5.90. The van der Waals surface area contributed by atoms with Crippen LogP contribution in [-0.2, 0) is 20.0 Å². The van der Waals surface area contributed by atoms with Gasteiger partial charge in [0.1, 0.15) is 11.2 Å². The molecular weight excluding hydrogens is 510 g/mol. The fourth-order valence-corrected chi connectivity index (χ4v) is 4.65. The molecule has 4 aromatic rings. The highest BCUT2D eigenvalue weighted by Gasteiger charge is 2.37. The zero-order chi connectivity index (χ0) is 26.5. The Bertz CT molecular complexity index is 1310. The first-order valence-electron chi connectivity index (χ1n) is 11.3. The number of carbonyl (C=O) groups excluding carboxylic acids is 1. The van der Waals surface area contributed by atoms with Crippen molar-refractivity contribution in [1.82, 2.24) is 4.98 Å². The van der Waals surface area contributed by atoms with E-state index in [1.54, 1.807) is 5.38 Å². The molecule has 2 N–H and O–H groups in total. The molecule has 3 aromatic carbocycles. The lowest BCUT2D eigenvalue weighted by Crippen LogP contribution is -2.38. The average molecular weight is 534 g/mol. The van der Waals surface area contributed by atoms with Gasteiger partial charge >= 0.3 is 5.97 Å². The topological polar surface area (TPSA) is 101 Å². The van der Waals surface area contributed by atoms with Gasteiger partial charge in [-0.05, 0) is 42.1 Å². The smallest absolute Gasteiger partial charge is 0.350 e. The zero-order valence-electron chi connectivity index (χ0n) is 20.1. The quantitative estimate of drug-likeness (QED) is 0.114. The molecule has 0 saturated heterocycles. The summed E-state index contributed by atoms with van der Waals surface area (Å²) in [6.45, 7) is 2.63. The molecule has 9 heteroatoms. The number of carbonyl (C=O) groups is 2. The SMILES string of the molecule is CC(C)(ON=C(C(=O)Cl)c1csc(NC(c2ccccc2)(c2ccccc2)c2ccccc2)n1)C(=O)O. The summed E-state index contributed by atoms with van der Waals surface area (Å²) < 4.78 is 0. The minimum absolute atomic E-state index is 0.164. The fourth-order valence-electron chi connectivity index (χ4n) is 3.76. The van der Waals surface area contributed by atoms with Crippen LogP contribution in [0.1, 0.15) is 36.2 Å². The lowest BCUT2D eigenvalue weighted by atomic mass is 9.77. The molecule has 0 unspecified atom stereocenters. The van der Waals surface area contributed by atoms with Crippen LogP contribution >= 0.6 is 22.9 Å². The molecule has 37 heavy (non-hydrogen) atoms. The number of hydrogen-bond donors (Lipinski definition) is 2. The van der Waals surface area contributed by atoms with E-state index in [0.717, 1.165) is 16.7 Å². The second-order valence-electron chi connectivity index (χ2n) is 8.63. The normalized spacial score (nSPS) is 12.1. The largest absolute Gasteiger partial charge is 0.478 e. The highest BCUT2D eigenvalue weighted by Crippen LogP contribution is 2.40. The van der Waals surface area contributed by atoms with E-state index in [0.29, 0.717) is 5.13 Å². The summed E-state index contributed by atoms with van der Waals surface area (Å²) in [5, 5.41) is 17.8. The first kappa shape index (κ1) is 26.1. The Labute approximate surface area is 223 Å². The maximum absolute atomic E-state index is 12.1. The second kappa shape index (κ2) is 10.9. The van der Waals surface area contributed by atoms with Gasteiger partial charge in [0.05, 0.1) is 0 Å². The van der Waals surface area contributed by atoms with Crippen LogP contribution in [0.3, 0.4) is 0 Å². The Morgan fingerprint density at radius 2 is 1.35 bits per heavy atom. The molecule has 0 aliphatic heterocycles. The number of aromatic nitrogens is 1. The van der Waals surface area contributed by atoms with Crippen molar-refractivity contribution in [2.75, 3.05) is 5.32 Å². The number of benzene rings is 3. The van der Waals surface area contributed by atoms with Crippen molar-refractivity contribution < 1.29 is 19.5 Å². The third kappa shape index (κ3) is 5.55. The second-order valence-corrected chi connectivity index (χ2v) is 9.83. The number of hydrogen-bond acceptors (Lipinski definition) is 7. The molecule has 0 atom stereocenters. The van der Waals surface area contributed by atoms with E-state index in [9.17, 15) is 14.7 Å². The summed E-state index contributed by atoms with van der Waals surface area (Å²) in [4.78, 5) is 33.2. The molecule has 0 fully saturated rings. The molecule has 0 spiro atoms. The number of carboxylic acid groups (broad SMARTS) is 1. The molecule has 0 radical (unpaired) electrons. The number of aliphatic carboxylic acids is 1. The highest BCUT2D eigenvalue weighted by molar-refractivity contribution is 7.14. The number of nitrogens with one attached hydrogen (secondary N) is 1. The Hall–Kier alpha value is -4.01. The molecule has 1 heterocycles. The predicted molar refractivity (Wildman–Crippen MR) is 145 cm³/mol. The lowest BCUT2D eigenvalue weighted by Gasteiger charge is -2.36. The Kier molecular flexibility index (Phi) is 7.71. The molecule has 188 valence electrons. The standard InChI is InChI=1S/C28H24ClN3O4S/c1-27(2,25(34)35)36-32-23(24(29)33)22-18-37-26(30-22)31-28(19-12-6-3-7-13-19,20-14-8-4-9-15-20)21-16-10-5-11-17-21/h3-18H,1-2H3,(H,30,31)(H,34,35). The van der Waals surface area contributed by atoms with Crippen molar-refractivity contribution in [3.8, 4) is 0 Å². The van der Waals surface area contributed by atoms with E-state index in [1.807, 2.05) is 91.0 Å². The Morgan fingerprint density at radius 1 is 0.892 bits per heavy atom. The Morgan fingerprint density at radius 3 is 1.76 bits per heavy atom. The summed E-state index contributed by atoms with van der Waals surface area (Å²) in [6.07, 6.45) is 0. The number of halogens is 1. The average Bonchev–Trinajstić information content (AvgIpc) is 3.36. The maximum atomic E-state index is 12.1.